The van der Waals surface area contributed by atoms with Gasteiger partial charge in [0.15, 0.2) is 0 Å². The zero-order valence-corrected chi connectivity index (χ0v) is 12.1. The summed E-state index contributed by atoms with van der Waals surface area (Å²) < 4.78 is 2.17. The van der Waals surface area contributed by atoms with Crippen molar-refractivity contribution in [2.45, 2.75) is 39.8 Å². The lowest BCUT2D eigenvalue weighted by atomic mass is 9.77. The number of benzene rings is 1. The molecule has 0 aliphatic carbocycles. The van der Waals surface area contributed by atoms with Crippen LogP contribution in [-0.2, 0) is 7.05 Å². The molecule has 0 saturated heterocycles. The van der Waals surface area contributed by atoms with Crippen LogP contribution in [0.4, 0.5) is 0 Å². The van der Waals surface area contributed by atoms with Crippen molar-refractivity contribution in [3.05, 3.63) is 30.5 Å². The van der Waals surface area contributed by atoms with Crippen molar-refractivity contribution in [3.63, 3.8) is 0 Å². The minimum Gasteiger partial charge on any atom is -0.351 e. The van der Waals surface area contributed by atoms with Crippen LogP contribution in [0.25, 0.3) is 10.9 Å². The Kier molecular flexibility index (Phi) is 3.81. The lowest BCUT2D eigenvalue weighted by molar-refractivity contribution is 0.315. The van der Waals surface area contributed by atoms with Crippen LogP contribution in [0.15, 0.2) is 30.5 Å². The summed E-state index contributed by atoms with van der Waals surface area (Å²) in [6.45, 7) is 9.06. The third-order valence-corrected chi connectivity index (χ3v) is 3.64. The van der Waals surface area contributed by atoms with Gasteiger partial charge in [0.1, 0.15) is 0 Å². The Labute approximate surface area is 111 Å². The van der Waals surface area contributed by atoms with Crippen molar-refractivity contribution in [3.8, 4) is 0 Å². The second-order valence-electron chi connectivity index (χ2n) is 5.68. The first-order valence-corrected chi connectivity index (χ1v) is 6.78. The molecule has 0 atom stereocenters. The van der Waals surface area contributed by atoms with Crippen LogP contribution < -0.4 is 5.46 Å². The molecule has 2 nitrogen and oxygen atoms in total. The van der Waals surface area contributed by atoms with Crippen LogP contribution in [0.5, 0.6) is 0 Å². The molecule has 0 spiro atoms. The SMILES string of the molecule is CC(C)N(Bc1ccc2c(ccn2C)c1)C(C)C. The number of hydrogen-bond acceptors (Lipinski definition) is 1. The van der Waals surface area contributed by atoms with Crippen molar-refractivity contribution < 1.29 is 0 Å². The Hall–Kier alpha value is -1.22. The van der Waals surface area contributed by atoms with Crippen LogP contribution in [-0.4, -0.2) is 28.9 Å². The summed E-state index contributed by atoms with van der Waals surface area (Å²) in [5, 5.41) is 1.34. The smallest absolute Gasteiger partial charge is 0.239 e. The van der Waals surface area contributed by atoms with Gasteiger partial charge in [-0.2, -0.15) is 0 Å². The molecule has 0 radical (unpaired) electrons. The summed E-state index contributed by atoms with van der Waals surface area (Å²) in [7, 11) is 3.12. The van der Waals surface area contributed by atoms with E-state index in [4.69, 9.17) is 0 Å². The summed E-state index contributed by atoms with van der Waals surface area (Å²) >= 11 is 0. The Morgan fingerprint density at radius 1 is 1.06 bits per heavy atom. The average molecular weight is 242 g/mol. The molecule has 18 heavy (non-hydrogen) atoms. The molecule has 0 aliphatic rings. The fourth-order valence-electron chi connectivity index (χ4n) is 2.60. The molecule has 3 heteroatoms. The van der Waals surface area contributed by atoms with E-state index in [0.29, 0.717) is 12.1 Å². The average Bonchev–Trinajstić information content (AvgIpc) is 2.67. The highest BCUT2D eigenvalue weighted by Crippen LogP contribution is 2.12. The van der Waals surface area contributed by atoms with Crippen molar-refractivity contribution >= 4 is 23.8 Å². The topological polar surface area (TPSA) is 8.17 Å². The molecule has 1 heterocycles. The van der Waals surface area contributed by atoms with E-state index in [-0.39, 0.29) is 0 Å². The molecule has 2 rings (SSSR count). The first kappa shape index (κ1) is 13.2. The minimum atomic E-state index is 0.580. The second-order valence-corrected chi connectivity index (χ2v) is 5.68. The lowest BCUT2D eigenvalue weighted by Gasteiger charge is -2.30. The standard InChI is InChI=1S/C15H23BN2/c1-11(2)18(12(3)4)16-14-6-7-15-13(10-14)8-9-17(15)5/h6-12,16H,1-5H3. The number of aryl methyl sites for hydroxylation is 1. The maximum atomic E-state index is 2.52. The number of fused-ring (bicyclic) bond motifs is 1. The zero-order valence-electron chi connectivity index (χ0n) is 12.1. The molecule has 1 aromatic carbocycles. The van der Waals surface area contributed by atoms with Gasteiger partial charge in [-0.05, 0) is 29.6 Å². The third kappa shape index (κ3) is 2.61. The van der Waals surface area contributed by atoms with Gasteiger partial charge in [0.05, 0.1) is 0 Å². The van der Waals surface area contributed by atoms with E-state index in [0.717, 1.165) is 7.41 Å². The van der Waals surface area contributed by atoms with E-state index in [1.807, 2.05) is 0 Å². The summed E-state index contributed by atoms with van der Waals surface area (Å²) in [6, 6.07) is 10.1. The van der Waals surface area contributed by atoms with Crippen molar-refractivity contribution in [2.75, 3.05) is 0 Å². The van der Waals surface area contributed by atoms with Gasteiger partial charge < -0.3 is 9.38 Å². The number of nitrogens with zero attached hydrogens (tertiary/aromatic N) is 2. The Morgan fingerprint density at radius 3 is 2.33 bits per heavy atom. The largest absolute Gasteiger partial charge is 0.351 e. The van der Waals surface area contributed by atoms with Crippen LogP contribution in [0.3, 0.4) is 0 Å². The summed E-state index contributed by atoms with van der Waals surface area (Å²) in [4.78, 5) is 2.52. The highest BCUT2D eigenvalue weighted by molar-refractivity contribution is 6.51. The maximum Gasteiger partial charge on any atom is 0.239 e. The molecule has 2 aromatic rings. The number of hydrogen-bond donors (Lipinski definition) is 0. The van der Waals surface area contributed by atoms with Crippen molar-refractivity contribution in [2.24, 2.45) is 7.05 Å². The quantitative estimate of drug-likeness (QED) is 0.747. The van der Waals surface area contributed by atoms with Gasteiger partial charge in [-0.1, -0.05) is 45.3 Å². The first-order valence-electron chi connectivity index (χ1n) is 6.78. The fraction of sp³-hybridized carbons (Fsp3) is 0.467. The van der Waals surface area contributed by atoms with Gasteiger partial charge in [0, 0.05) is 18.8 Å². The molecule has 1 aromatic heterocycles. The third-order valence-electron chi connectivity index (χ3n) is 3.64. The Morgan fingerprint density at radius 2 is 1.72 bits per heavy atom. The molecular weight excluding hydrogens is 219 g/mol. The second kappa shape index (κ2) is 5.19. The van der Waals surface area contributed by atoms with E-state index < -0.39 is 0 Å². The Balaban J connectivity index is 2.25. The number of aromatic nitrogens is 1. The van der Waals surface area contributed by atoms with Crippen molar-refractivity contribution in [1.82, 2.24) is 9.38 Å². The van der Waals surface area contributed by atoms with Crippen LogP contribution in [0, 0.1) is 0 Å². The molecule has 96 valence electrons. The summed E-state index contributed by atoms with van der Waals surface area (Å²) in [6.07, 6.45) is 2.12. The molecule has 0 unspecified atom stereocenters. The molecule has 0 amide bonds. The summed E-state index contributed by atoms with van der Waals surface area (Å²) in [5.74, 6) is 0. The highest BCUT2D eigenvalue weighted by atomic mass is 15.1. The van der Waals surface area contributed by atoms with Gasteiger partial charge in [0.2, 0.25) is 7.41 Å². The summed E-state index contributed by atoms with van der Waals surface area (Å²) in [5.41, 5.74) is 2.70. The first-order chi connectivity index (χ1) is 8.49. The minimum absolute atomic E-state index is 0.580. The lowest BCUT2D eigenvalue weighted by Crippen LogP contribution is -2.45. The monoisotopic (exact) mass is 242 g/mol. The maximum absolute atomic E-state index is 2.52. The van der Waals surface area contributed by atoms with Gasteiger partial charge >= 0.3 is 0 Å². The van der Waals surface area contributed by atoms with Gasteiger partial charge in [-0.3, -0.25) is 0 Å². The Bertz CT molecular complexity index is 520. The molecule has 0 saturated carbocycles. The molecule has 0 aliphatic heterocycles. The van der Waals surface area contributed by atoms with Gasteiger partial charge in [0.25, 0.3) is 0 Å². The molecule has 0 fully saturated rings. The molecular formula is C15H23BN2. The van der Waals surface area contributed by atoms with Crippen LogP contribution in [0.1, 0.15) is 27.7 Å². The normalized spacial score (nSPS) is 12.0. The fourth-order valence-corrected chi connectivity index (χ4v) is 2.60. The van der Waals surface area contributed by atoms with Gasteiger partial charge in [-0.15, -0.1) is 0 Å². The van der Waals surface area contributed by atoms with E-state index >= 15 is 0 Å². The molecule has 0 N–H and O–H groups in total. The van der Waals surface area contributed by atoms with E-state index in [9.17, 15) is 0 Å². The van der Waals surface area contributed by atoms with E-state index in [2.05, 4.69) is 74.6 Å². The van der Waals surface area contributed by atoms with E-state index in [1.54, 1.807) is 0 Å². The highest BCUT2D eigenvalue weighted by Gasteiger charge is 2.15. The predicted molar refractivity (Wildman–Crippen MR) is 81.8 cm³/mol. The van der Waals surface area contributed by atoms with Crippen molar-refractivity contribution in [1.29, 1.82) is 0 Å². The van der Waals surface area contributed by atoms with Crippen LogP contribution in [0.2, 0.25) is 0 Å². The van der Waals surface area contributed by atoms with Crippen LogP contribution >= 0.6 is 0 Å². The zero-order chi connectivity index (χ0) is 13.3. The van der Waals surface area contributed by atoms with Gasteiger partial charge in [-0.25, -0.2) is 0 Å². The molecule has 0 bridgehead atoms. The van der Waals surface area contributed by atoms with E-state index in [1.165, 1.54) is 16.4 Å². The number of rotatable bonds is 4. The predicted octanol–water partition coefficient (Wildman–Crippen LogP) is 2.27.